The molecular weight excluding hydrogens is 436 g/mol. The van der Waals surface area contributed by atoms with Gasteiger partial charge in [-0.25, -0.2) is 4.98 Å². The Kier molecular flexibility index (Phi) is 6.86. The number of methoxy groups -OCH3 is 1. The summed E-state index contributed by atoms with van der Waals surface area (Å²) in [4.78, 5) is 20.8. The van der Waals surface area contributed by atoms with Crippen molar-refractivity contribution >= 4 is 44.0 Å². The zero-order chi connectivity index (χ0) is 20.1. The van der Waals surface area contributed by atoms with Gasteiger partial charge < -0.3 is 4.74 Å². The third kappa shape index (κ3) is 4.28. The molecule has 0 fully saturated rings. The summed E-state index contributed by atoms with van der Waals surface area (Å²) in [5, 5.41) is 0.702. The van der Waals surface area contributed by atoms with E-state index in [1.807, 2.05) is 55.5 Å². The number of aryl methyl sites for hydroxylation is 1. The summed E-state index contributed by atoms with van der Waals surface area (Å²) in [7, 11) is 1.66. The zero-order valence-electron chi connectivity index (χ0n) is 16.2. The van der Waals surface area contributed by atoms with Gasteiger partial charge in [0.2, 0.25) is 5.91 Å². The van der Waals surface area contributed by atoms with Gasteiger partial charge in [0.15, 0.2) is 5.13 Å². The van der Waals surface area contributed by atoms with Crippen LogP contribution in [0.15, 0.2) is 53.0 Å². The van der Waals surface area contributed by atoms with E-state index in [0.29, 0.717) is 11.6 Å². The van der Waals surface area contributed by atoms with Crippen LogP contribution in [0.1, 0.15) is 31.6 Å². The molecule has 0 spiro atoms. The lowest BCUT2D eigenvalue weighted by atomic mass is 10.1. The van der Waals surface area contributed by atoms with Crippen molar-refractivity contribution < 1.29 is 9.53 Å². The number of thiazole rings is 1. The minimum absolute atomic E-state index is 0.0482. The maximum Gasteiger partial charge on any atom is 0.233 e. The number of aromatic nitrogens is 1. The van der Waals surface area contributed by atoms with E-state index in [9.17, 15) is 4.79 Å². The number of ether oxygens (including phenoxy) is 1. The molecule has 146 valence electrons. The number of hydrogen-bond acceptors (Lipinski definition) is 4. The van der Waals surface area contributed by atoms with Crippen LogP contribution in [0.3, 0.4) is 0 Å². The Balaban J connectivity index is 2.09. The van der Waals surface area contributed by atoms with Gasteiger partial charge >= 0.3 is 0 Å². The van der Waals surface area contributed by atoms with Gasteiger partial charge in [-0.1, -0.05) is 26.0 Å². The van der Waals surface area contributed by atoms with Crippen LogP contribution in [0.25, 0.3) is 11.3 Å². The summed E-state index contributed by atoms with van der Waals surface area (Å²) in [5.41, 5.74) is 2.76. The average molecular weight is 459 g/mol. The monoisotopic (exact) mass is 458 g/mol. The first kappa shape index (κ1) is 20.6. The normalized spacial score (nSPS) is 10.7. The number of halogens is 1. The summed E-state index contributed by atoms with van der Waals surface area (Å²) in [6, 6.07) is 15.6. The van der Waals surface area contributed by atoms with E-state index >= 15 is 0 Å². The first-order valence-corrected chi connectivity index (χ1v) is 10.9. The van der Waals surface area contributed by atoms with E-state index in [1.54, 1.807) is 23.3 Å². The Bertz CT molecular complexity index is 953. The third-order valence-electron chi connectivity index (χ3n) is 4.37. The highest BCUT2D eigenvalue weighted by Gasteiger charge is 2.24. The van der Waals surface area contributed by atoms with Crippen LogP contribution in [0.4, 0.5) is 10.8 Å². The summed E-state index contributed by atoms with van der Waals surface area (Å²) in [6.45, 7) is 4.12. The predicted octanol–water partition coefficient (Wildman–Crippen LogP) is 6.61. The fourth-order valence-electron chi connectivity index (χ4n) is 2.95. The standard InChI is InChI=1S/C22H23BrN2O2S/c1-4-8-20(26)25(18-10-7-6-9-17(18)23)22-24-21(19(5-2)28-22)15-11-13-16(27-3)14-12-15/h6-7,9-14H,4-5,8H2,1-3H3. The number of rotatable bonds is 7. The second-order valence-electron chi connectivity index (χ2n) is 6.28. The predicted molar refractivity (Wildman–Crippen MR) is 120 cm³/mol. The molecule has 0 aliphatic carbocycles. The van der Waals surface area contributed by atoms with Gasteiger partial charge in [-0.15, -0.1) is 11.3 Å². The van der Waals surface area contributed by atoms with E-state index in [-0.39, 0.29) is 5.91 Å². The van der Waals surface area contributed by atoms with Crippen molar-refractivity contribution in [3.63, 3.8) is 0 Å². The highest BCUT2D eigenvalue weighted by molar-refractivity contribution is 9.10. The highest BCUT2D eigenvalue weighted by Crippen LogP contribution is 2.39. The van der Waals surface area contributed by atoms with Crippen LogP contribution in [0.2, 0.25) is 0 Å². The summed E-state index contributed by atoms with van der Waals surface area (Å²) >= 11 is 5.16. The van der Waals surface area contributed by atoms with Crippen LogP contribution < -0.4 is 9.64 Å². The molecule has 0 N–H and O–H groups in total. The minimum atomic E-state index is 0.0482. The molecule has 1 aromatic heterocycles. The maximum absolute atomic E-state index is 13.0. The lowest BCUT2D eigenvalue weighted by molar-refractivity contribution is -0.117. The molecular formula is C22H23BrN2O2S. The van der Waals surface area contributed by atoms with Gasteiger partial charge in [-0.05, 0) is 65.2 Å². The number of anilines is 2. The van der Waals surface area contributed by atoms with Gasteiger partial charge in [0.25, 0.3) is 0 Å². The number of para-hydroxylation sites is 1. The van der Waals surface area contributed by atoms with E-state index in [2.05, 4.69) is 22.9 Å². The molecule has 0 bridgehead atoms. The van der Waals surface area contributed by atoms with E-state index < -0.39 is 0 Å². The fourth-order valence-corrected chi connectivity index (χ4v) is 4.47. The van der Waals surface area contributed by atoms with Crippen LogP contribution in [0.5, 0.6) is 5.75 Å². The van der Waals surface area contributed by atoms with Crippen LogP contribution in [0, 0.1) is 0 Å². The van der Waals surface area contributed by atoms with Crippen LogP contribution in [-0.4, -0.2) is 18.0 Å². The Hall–Kier alpha value is -2.18. The Labute approximate surface area is 178 Å². The second kappa shape index (κ2) is 9.34. The largest absolute Gasteiger partial charge is 0.497 e. The van der Waals surface area contributed by atoms with Gasteiger partial charge in [0, 0.05) is 21.3 Å². The average Bonchev–Trinajstić information content (AvgIpc) is 3.14. The Morgan fingerprint density at radius 2 is 1.86 bits per heavy atom. The van der Waals surface area contributed by atoms with Crippen molar-refractivity contribution in [1.29, 1.82) is 0 Å². The second-order valence-corrected chi connectivity index (χ2v) is 8.20. The molecule has 4 nitrogen and oxygen atoms in total. The van der Waals surface area contributed by atoms with Crippen molar-refractivity contribution in [3.05, 3.63) is 57.9 Å². The van der Waals surface area contributed by atoms with Crippen LogP contribution in [-0.2, 0) is 11.2 Å². The van der Waals surface area contributed by atoms with Crippen LogP contribution >= 0.6 is 27.3 Å². The zero-order valence-corrected chi connectivity index (χ0v) is 18.6. The van der Waals surface area contributed by atoms with Gasteiger partial charge in [-0.3, -0.25) is 9.69 Å². The first-order chi connectivity index (χ1) is 13.6. The highest BCUT2D eigenvalue weighted by atomic mass is 79.9. The molecule has 0 unspecified atom stereocenters. The summed E-state index contributed by atoms with van der Waals surface area (Å²) in [5.74, 6) is 0.859. The molecule has 0 aliphatic rings. The number of benzene rings is 2. The Morgan fingerprint density at radius 1 is 1.14 bits per heavy atom. The molecule has 0 saturated heterocycles. The van der Waals surface area contributed by atoms with E-state index in [0.717, 1.165) is 44.9 Å². The third-order valence-corrected chi connectivity index (χ3v) is 6.22. The van der Waals surface area contributed by atoms with Crippen molar-refractivity contribution in [2.24, 2.45) is 0 Å². The fraction of sp³-hybridized carbons (Fsp3) is 0.273. The lowest BCUT2D eigenvalue weighted by Crippen LogP contribution is -2.25. The van der Waals surface area contributed by atoms with Crippen molar-refractivity contribution in [2.45, 2.75) is 33.1 Å². The molecule has 1 heterocycles. The molecule has 0 radical (unpaired) electrons. The van der Waals surface area contributed by atoms with Gasteiger partial charge in [0.05, 0.1) is 18.5 Å². The topological polar surface area (TPSA) is 42.4 Å². The molecule has 0 aliphatic heterocycles. The van der Waals surface area contributed by atoms with Crippen molar-refractivity contribution in [1.82, 2.24) is 4.98 Å². The number of amides is 1. The molecule has 3 rings (SSSR count). The molecule has 3 aromatic rings. The minimum Gasteiger partial charge on any atom is -0.497 e. The summed E-state index contributed by atoms with van der Waals surface area (Å²) < 4.78 is 6.13. The molecule has 1 amide bonds. The molecule has 0 saturated carbocycles. The van der Waals surface area contributed by atoms with Crippen molar-refractivity contribution in [3.8, 4) is 17.0 Å². The molecule has 2 aromatic carbocycles. The number of carbonyl (C=O) groups excluding carboxylic acids is 1. The number of carbonyl (C=O) groups is 1. The number of nitrogens with zero attached hydrogens (tertiary/aromatic N) is 2. The van der Waals surface area contributed by atoms with Gasteiger partial charge in [0.1, 0.15) is 5.75 Å². The smallest absolute Gasteiger partial charge is 0.233 e. The van der Waals surface area contributed by atoms with E-state index in [4.69, 9.17) is 9.72 Å². The van der Waals surface area contributed by atoms with Gasteiger partial charge in [-0.2, -0.15) is 0 Å². The molecule has 28 heavy (non-hydrogen) atoms. The van der Waals surface area contributed by atoms with E-state index in [1.165, 1.54) is 0 Å². The number of hydrogen-bond donors (Lipinski definition) is 0. The first-order valence-electron chi connectivity index (χ1n) is 9.30. The maximum atomic E-state index is 13.0. The quantitative estimate of drug-likeness (QED) is 0.399. The summed E-state index contributed by atoms with van der Waals surface area (Å²) in [6.07, 6.45) is 2.11. The Morgan fingerprint density at radius 3 is 2.46 bits per heavy atom. The lowest BCUT2D eigenvalue weighted by Gasteiger charge is -2.21. The molecule has 0 atom stereocenters. The SMILES string of the molecule is CCCC(=O)N(c1nc(-c2ccc(OC)cc2)c(CC)s1)c1ccccc1Br. The molecule has 6 heteroatoms. The van der Waals surface area contributed by atoms with Crippen molar-refractivity contribution in [2.75, 3.05) is 12.0 Å².